The fraction of sp³-hybridized carbons (Fsp3) is 0.267. The van der Waals surface area contributed by atoms with Crippen LogP contribution in [0.25, 0.3) is 10.9 Å². The summed E-state index contributed by atoms with van der Waals surface area (Å²) in [6, 6.07) is 5.42. The molecule has 2 atom stereocenters. The number of carboxylic acids is 1. The third kappa shape index (κ3) is 2.65. The largest absolute Gasteiger partial charge is 0.481 e. The second-order valence-electron chi connectivity index (χ2n) is 5.16. The molecule has 0 saturated heterocycles. The number of hydrogen-bond acceptors (Lipinski definition) is 3. The molecule has 0 saturated carbocycles. The average Bonchev–Trinajstić information content (AvgIpc) is 2.94. The molecule has 0 radical (unpaired) electrons. The Morgan fingerprint density at radius 3 is 2.76 bits per heavy atom. The van der Waals surface area contributed by atoms with Gasteiger partial charge in [-0.25, -0.2) is 0 Å². The van der Waals surface area contributed by atoms with Gasteiger partial charge >= 0.3 is 5.97 Å². The highest BCUT2D eigenvalue weighted by Crippen LogP contribution is 2.27. The first-order valence-electron chi connectivity index (χ1n) is 6.77. The predicted molar refractivity (Wildman–Crippen MR) is 77.7 cm³/mol. The van der Waals surface area contributed by atoms with Crippen molar-refractivity contribution in [3.63, 3.8) is 0 Å². The van der Waals surface area contributed by atoms with Gasteiger partial charge in [-0.3, -0.25) is 14.7 Å². The van der Waals surface area contributed by atoms with Crippen molar-refractivity contribution in [2.24, 2.45) is 11.8 Å². The number of amides is 1. The fourth-order valence-electron chi connectivity index (χ4n) is 2.63. The first-order chi connectivity index (χ1) is 10.1. The highest BCUT2D eigenvalue weighted by molar-refractivity contribution is 5.97. The molecule has 3 N–H and O–H groups in total. The lowest BCUT2D eigenvalue weighted by molar-refractivity contribution is -0.146. The fourth-order valence-corrected chi connectivity index (χ4v) is 2.63. The standard InChI is InChI=1S/C15H15N3O3/c19-14(11-3-1-2-4-12(11)15(20)21)17-10-6-5-9-8-16-18-13(9)7-10/h1-2,5-8,11-12H,3-4H2,(H,16,18)(H,17,19)(H,20,21)/t11-,12-/m1/s1. The number of fused-ring (bicyclic) bond motifs is 1. The van der Waals surface area contributed by atoms with E-state index in [1.165, 1.54) is 0 Å². The number of hydrogen-bond donors (Lipinski definition) is 3. The summed E-state index contributed by atoms with van der Waals surface area (Å²) in [7, 11) is 0. The van der Waals surface area contributed by atoms with Crippen LogP contribution in [0.4, 0.5) is 5.69 Å². The van der Waals surface area contributed by atoms with Gasteiger partial charge < -0.3 is 10.4 Å². The first-order valence-corrected chi connectivity index (χ1v) is 6.77. The van der Waals surface area contributed by atoms with Gasteiger partial charge in [0.05, 0.1) is 23.5 Å². The van der Waals surface area contributed by atoms with E-state index in [2.05, 4.69) is 15.5 Å². The van der Waals surface area contributed by atoms with Crippen LogP contribution in [0.1, 0.15) is 12.8 Å². The van der Waals surface area contributed by atoms with E-state index in [0.29, 0.717) is 18.5 Å². The minimum atomic E-state index is -0.927. The molecular formula is C15H15N3O3. The number of aromatic amines is 1. The minimum absolute atomic E-state index is 0.259. The van der Waals surface area contributed by atoms with E-state index in [9.17, 15) is 14.7 Å². The van der Waals surface area contributed by atoms with Crippen LogP contribution in [0.5, 0.6) is 0 Å². The molecule has 108 valence electrons. The predicted octanol–water partition coefficient (Wildman–Crippen LogP) is 2.17. The van der Waals surface area contributed by atoms with Gasteiger partial charge in [-0.05, 0) is 31.0 Å². The van der Waals surface area contributed by atoms with Gasteiger partial charge in [-0.15, -0.1) is 0 Å². The maximum absolute atomic E-state index is 12.3. The van der Waals surface area contributed by atoms with Gasteiger partial charge in [0.15, 0.2) is 0 Å². The molecule has 6 heteroatoms. The lowest BCUT2D eigenvalue weighted by atomic mass is 9.82. The number of carbonyl (C=O) groups is 2. The van der Waals surface area contributed by atoms with Crippen molar-refractivity contribution in [2.45, 2.75) is 12.8 Å². The third-order valence-electron chi connectivity index (χ3n) is 3.80. The molecule has 1 heterocycles. The Labute approximate surface area is 120 Å². The number of H-pyrrole nitrogens is 1. The summed E-state index contributed by atoms with van der Waals surface area (Å²) in [4.78, 5) is 23.6. The van der Waals surface area contributed by atoms with Crippen LogP contribution < -0.4 is 5.32 Å². The van der Waals surface area contributed by atoms with Gasteiger partial charge in [0.1, 0.15) is 0 Å². The Morgan fingerprint density at radius 2 is 2.00 bits per heavy atom. The van der Waals surface area contributed by atoms with Crippen molar-refractivity contribution in [3.05, 3.63) is 36.5 Å². The molecule has 0 spiro atoms. The number of nitrogens with one attached hydrogen (secondary N) is 2. The minimum Gasteiger partial charge on any atom is -0.481 e. The number of nitrogens with zero attached hydrogens (tertiary/aromatic N) is 1. The highest BCUT2D eigenvalue weighted by Gasteiger charge is 2.33. The van der Waals surface area contributed by atoms with E-state index in [0.717, 1.165) is 10.9 Å². The van der Waals surface area contributed by atoms with E-state index in [-0.39, 0.29) is 5.91 Å². The molecular weight excluding hydrogens is 270 g/mol. The third-order valence-corrected chi connectivity index (χ3v) is 3.80. The van der Waals surface area contributed by atoms with Gasteiger partial charge in [0.25, 0.3) is 0 Å². The Hall–Kier alpha value is -2.63. The maximum Gasteiger partial charge on any atom is 0.307 e. The van der Waals surface area contributed by atoms with Crippen LogP contribution in [-0.4, -0.2) is 27.2 Å². The molecule has 1 aliphatic carbocycles. The lowest BCUT2D eigenvalue weighted by Gasteiger charge is -2.24. The number of rotatable bonds is 3. The number of aliphatic carboxylic acids is 1. The van der Waals surface area contributed by atoms with Gasteiger partial charge in [0, 0.05) is 11.1 Å². The van der Waals surface area contributed by atoms with Crippen LogP contribution in [0.2, 0.25) is 0 Å². The second-order valence-corrected chi connectivity index (χ2v) is 5.16. The van der Waals surface area contributed by atoms with E-state index in [4.69, 9.17) is 0 Å². The second kappa shape index (κ2) is 5.40. The van der Waals surface area contributed by atoms with E-state index < -0.39 is 17.8 Å². The van der Waals surface area contributed by atoms with Crippen molar-refractivity contribution >= 4 is 28.5 Å². The molecule has 2 aromatic rings. The quantitative estimate of drug-likeness (QED) is 0.753. The molecule has 1 aliphatic rings. The summed E-state index contributed by atoms with van der Waals surface area (Å²) in [5.74, 6) is -2.38. The van der Waals surface area contributed by atoms with Crippen molar-refractivity contribution in [1.29, 1.82) is 0 Å². The zero-order valence-electron chi connectivity index (χ0n) is 11.2. The highest BCUT2D eigenvalue weighted by atomic mass is 16.4. The molecule has 1 amide bonds. The van der Waals surface area contributed by atoms with Crippen LogP contribution in [0.3, 0.4) is 0 Å². The zero-order chi connectivity index (χ0) is 14.8. The van der Waals surface area contributed by atoms with E-state index in [1.807, 2.05) is 18.2 Å². The number of anilines is 1. The molecule has 1 aromatic carbocycles. The van der Waals surface area contributed by atoms with Crippen LogP contribution in [0.15, 0.2) is 36.5 Å². The topological polar surface area (TPSA) is 95.1 Å². The number of carbonyl (C=O) groups excluding carboxylic acids is 1. The lowest BCUT2D eigenvalue weighted by Crippen LogP contribution is -2.34. The summed E-state index contributed by atoms with van der Waals surface area (Å²) in [5.41, 5.74) is 1.46. The zero-order valence-corrected chi connectivity index (χ0v) is 11.2. The normalized spacial score (nSPS) is 21.3. The molecule has 0 fully saturated rings. The van der Waals surface area contributed by atoms with Gasteiger partial charge in [-0.2, -0.15) is 5.10 Å². The average molecular weight is 285 g/mol. The van der Waals surface area contributed by atoms with Crippen LogP contribution in [-0.2, 0) is 9.59 Å². The Morgan fingerprint density at radius 1 is 1.24 bits per heavy atom. The molecule has 3 rings (SSSR count). The summed E-state index contributed by atoms with van der Waals surface area (Å²) in [6.45, 7) is 0. The summed E-state index contributed by atoms with van der Waals surface area (Å²) in [6.07, 6.45) is 6.23. The molecule has 0 unspecified atom stereocenters. The van der Waals surface area contributed by atoms with Crippen molar-refractivity contribution in [2.75, 3.05) is 5.32 Å². The van der Waals surface area contributed by atoms with Crippen LogP contribution >= 0.6 is 0 Å². The van der Waals surface area contributed by atoms with E-state index in [1.54, 1.807) is 18.3 Å². The molecule has 1 aromatic heterocycles. The molecule has 0 bridgehead atoms. The summed E-state index contributed by atoms with van der Waals surface area (Å²) < 4.78 is 0. The SMILES string of the molecule is O=C(O)[C@@H]1CC=CC[C@H]1C(=O)Nc1ccc2cn[nH]c2c1. The Balaban J connectivity index is 1.78. The molecule has 6 nitrogen and oxygen atoms in total. The van der Waals surface area contributed by atoms with Gasteiger partial charge in [0.2, 0.25) is 5.91 Å². The number of carboxylic acid groups (broad SMARTS) is 1. The van der Waals surface area contributed by atoms with Crippen molar-refractivity contribution in [1.82, 2.24) is 10.2 Å². The summed E-state index contributed by atoms with van der Waals surface area (Å²) >= 11 is 0. The number of allylic oxidation sites excluding steroid dienone is 2. The van der Waals surface area contributed by atoms with E-state index >= 15 is 0 Å². The van der Waals surface area contributed by atoms with Crippen molar-refractivity contribution in [3.8, 4) is 0 Å². The number of benzene rings is 1. The number of aromatic nitrogens is 2. The van der Waals surface area contributed by atoms with Crippen molar-refractivity contribution < 1.29 is 14.7 Å². The summed E-state index contributed by atoms with van der Waals surface area (Å²) in [5, 5.41) is 19.7. The molecule has 21 heavy (non-hydrogen) atoms. The van der Waals surface area contributed by atoms with Crippen LogP contribution in [0, 0.1) is 11.8 Å². The Bertz CT molecular complexity index is 720. The monoisotopic (exact) mass is 285 g/mol. The smallest absolute Gasteiger partial charge is 0.307 e. The Kier molecular flexibility index (Phi) is 3.43. The first kappa shape index (κ1) is 13.4. The molecule has 0 aliphatic heterocycles. The maximum atomic E-state index is 12.3. The van der Waals surface area contributed by atoms with Gasteiger partial charge in [-0.1, -0.05) is 12.2 Å².